The Morgan fingerprint density at radius 2 is 0.624 bits per heavy atom. The van der Waals surface area contributed by atoms with Gasteiger partial charge in [-0.05, 0) is 176 Å². The molecule has 117 heavy (non-hydrogen) atoms. The molecule has 0 atom stereocenters. The molecular formula is C77H66AlCl5F9N3O16S6. The number of nitrogens with zero attached hydrogens (tertiary/aromatic N) is 3. The number of rotatable bonds is 10. The molecule has 19 nitrogen and oxygen atoms in total. The Morgan fingerprint density at radius 3 is 0.991 bits per heavy atom. The average Bonchev–Trinajstić information content (AvgIpc) is 1.70. The van der Waals surface area contributed by atoms with E-state index in [0.29, 0.717) is 84.2 Å². The number of fused-ring (bicyclic) bond motifs is 6. The fourth-order valence-corrected chi connectivity index (χ4v) is 21.3. The van der Waals surface area contributed by atoms with Crippen LogP contribution in [0.5, 0.6) is 23.0 Å². The predicted octanol–water partition coefficient (Wildman–Crippen LogP) is 18.1. The molecule has 0 unspecified atom stereocenters. The molecule has 10 aromatic rings. The molecule has 16 rings (SSSR count). The highest BCUT2D eigenvalue weighted by atomic mass is 35.8. The van der Waals surface area contributed by atoms with Crippen LogP contribution in [-0.4, -0.2) is 108 Å². The zero-order valence-corrected chi connectivity index (χ0v) is 70.6. The summed E-state index contributed by atoms with van der Waals surface area (Å²) in [5, 5.41) is 0. The summed E-state index contributed by atoms with van der Waals surface area (Å²) < 4.78 is 290. The van der Waals surface area contributed by atoms with E-state index in [9.17, 15) is 90.0 Å². The van der Waals surface area contributed by atoms with E-state index in [0.717, 1.165) is 60.4 Å². The first kappa shape index (κ1) is 91.2. The van der Waals surface area contributed by atoms with Crippen LogP contribution in [0.1, 0.15) is 56.5 Å². The highest BCUT2D eigenvalue weighted by molar-refractivity contribution is 8.14. The lowest BCUT2D eigenvalue weighted by molar-refractivity contribution is -0.140. The van der Waals surface area contributed by atoms with Crippen molar-refractivity contribution >= 4 is 138 Å². The predicted molar refractivity (Wildman–Crippen MR) is 428 cm³/mol. The molecular weight excluding hydrogens is 1790 g/mol. The van der Waals surface area contributed by atoms with Crippen molar-refractivity contribution in [3.8, 4) is 23.0 Å². The zero-order chi connectivity index (χ0) is 85.3. The Kier molecular flexibility index (Phi) is 29.3. The van der Waals surface area contributed by atoms with Gasteiger partial charge in [0.2, 0.25) is 9.84 Å². The first-order valence-electron chi connectivity index (χ1n) is 34.8. The number of alkyl halides is 9. The van der Waals surface area contributed by atoms with Gasteiger partial charge in [0.15, 0.2) is 23.0 Å². The Labute approximate surface area is 695 Å². The minimum atomic E-state index is -4.85. The van der Waals surface area contributed by atoms with Crippen molar-refractivity contribution in [3.05, 3.63) is 275 Å². The number of sulfonamides is 3. The Hall–Kier alpha value is -8.15. The van der Waals surface area contributed by atoms with E-state index < -0.39 is 119 Å². The van der Waals surface area contributed by atoms with Crippen molar-refractivity contribution in [2.24, 2.45) is 0 Å². The maximum atomic E-state index is 13.4. The van der Waals surface area contributed by atoms with Crippen molar-refractivity contribution in [1.82, 2.24) is 0 Å². The molecule has 0 aromatic heterocycles. The number of benzene rings is 10. The third-order valence-corrected chi connectivity index (χ3v) is 28.4. The quantitative estimate of drug-likeness (QED) is 0.0701. The standard InChI is InChI=1S/C23H18F3NO6S2.2C15H12F3NO2S.C9H10.C8H7ClO4S.C7H7ClO2S.Al.3ClH/c24-23(25,26)18-3-1-2-4-22(18)35(30,31)27-10-9-15-13-16(5-7-19(15)27)34(28,29)17-6-8-20-21(14-17)33-12-11-32-20;2*16-15(17,18)12-6-2-4-8-14(12)22(20,21)19-10-9-11-5-1-3-7-13(11)19;1-2-5-9-7-3-6-8(9)4-1;9-14(10,11)6-1-2-7-8(5-6)13-4-3-12-7;1-6-4-2-3-5-7(6)11(8,9)10;;;;/h1-8,13-14H,9-12H2;2*1-8H,9-10H2;1-2,4-5H,3,6-7H2;1-2,5H,3-4H2;2-5H,1H3;;3*1H/q;;;;;;+3;;;/p-3. The minimum absolute atomic E-state index is 0.0171. The molecule has 0 amide bonds. The second-order valence-electron chi connectivity index (χ2n) is 25.6. The monoisotopic (exact) mass is 1850 g/mol. The van der Waals surface area contributed by atoms with Gasteiger partial charge in [0.25, 0.3) is 48.2 Å². The van der Waals surface area contributed by atoms with Gasteiger partial charge in [0.1, 0.15) is 26.4 Å². The molecule has 5 heterocycles. The second kappa shape index (κ2) is 37.6. The van der Waals surface area contributed by atoms with Crippen LogP contribution in [0.2, 0.25) is 0 Å². The van der Waals surface area contributed by atoms with Crippen molar-refractivity contribution in [3.63, 3.8) is 0 Å². The number of ether oxygens (including phenoxy) is 4. The lowest BCUT2D eigenvalue weighted by Crippen LogP contribution is -2.30. The summed E-state index contributed by atoms with van der Waals surface area (Å²) in [7, 11) is 0.860. The third-order valence-electron chi connectivity index (χ3n) is 18.2. The Morgan fingerprint density at radius 1 is 0.325 bits per heavy atom. The average molecular weight is 1860 g/mol. The molecule has 0 bridgehead atoms. The van der Waals surface area contributed by atoms with Gasteiger partial charge >= 0.3 is 29.9 Å². The Bertz CT molecular complexity index is 5860. The summed E-state index contributed by atoms with van der Waals surface area (Å²) in [6.07, 6.45) is -9.20. The van der Waals surface area contributed by atoms with Crippen LogP contribution in [-0.2, 0) is 109 Å². The van der Waals surface area contributed by atoms with Crippen LogP contribution in [0.3, 0.4) is 0 Å². The van der Waals surface area contributed by atoms with Crippen LogP contribution >= 0.6 is 51.5 Å². The molecule has 622 valence electrons. The molecule has 10 aromatic carbocycles. The minimum Gasteiger partial charge on any atom is -0.486 e. The van der Waals surface area contributed by atoms with Crippen LogP contribution < -0.4 is 31.9 Å². The van der Waals surface area contributed by atoms with Crippen LogP contribution in [0.4, 0.5) is 56.6 Å². The molecule has 0 saturated carbocycles. The first-order valence-corrected chi connectivity index (χ1v) is 50.4. The number of aryl methyl sites for hydroxylation is 3. The van der Waals surface area contributed by atoms with Gasteiger partial charge in [-0.2, -0.15) is 39.5 Å². The lowest BCUT2D eigenvalue weighted by Gasteiger charge is -2.22. The van der Waals surface area contributed by atoms with Gasteiger partial charge in [0.05, 0.1) is 68.0 Å². The number of para-hydroxylation sites is 2. The topological polar surface area (TPSA) is 251 Å². The number of hydrogen-bond donors (Lipinski definition) is 0. The molecule has 0 spiro atoms. The van der Waals surface area contributed by atoms with E-state index in [-0.39, 0.29) is 57.9 Å². The third kappa shape index (κ3) is 22.3. The lowest BCUT2D eigenvalue weighted by atomic mass is 10.1. The van der Waals surface area contributed by atoms with Crippen molar-refractivity contribution < 1.29 is 109 Å². The molecule has 5 aliphatic heterocycles. The van der Waals surface area contributed by atoms with Gasteiger partial charge in [0, 0.05) is 53.1 Å². The van der Waals surface area contributed by atoms with Gasteiger partial charge in [-0.3, -0.25) is 12.9 Å². The molecule has 6 aliphatic rings. The second-order valence-corrected chi connectivity index (χ2v) is 44.6. The van der Waals surface area contributed by atoms with Crippen molar-refractivity contribution in [2.75, 3.05) is 59.0 Å². The molecule has 0 saturated heterocycles. The van der Waals surface area contributed by atoms with E-state index in [1.807, 2.05) is 0 Å². The largest absolute Gasteiger partial charge is 0.643 e. The van der Waals surface area contributed by atoms with E-state index in [2.05, 4.69) is 24.3 Å². The number of halogens is 14. The van der Waals surface area contributed by atoms with Crippen LogP contribution in [0, 0.1) is 6.92 Å². The first-order chi connectivity index (χ1) is 54.9. The molecule has 0 N–H and O–H groups in total. The highest BCUT2D eigenvalue weighted by Crippen LogP contribution is 2.44. The van der Waals surface area contributed by atoms with Gasteiger partial charge in [-0.25, -0.2) is 80.7 Å². The summed E-state index contributed by atoms with van der Waals surface area (Å²) in [6.45, 7) is 3.42. The SMILES string of the molecule is Cc1ccccc1S(=O)(=O)Cl.O=S(=O)(Cl)c1ccc2c(c1)OCCO2.O=S(=O)(c1ccc2c(c1)CCN2S(=O)(=O)c1ccccc1C(F)(F)F)c1ccc2c(c1)OCCO2.O=S(=O)(c1ccccc1C(F)(F)F)N1CCc2ccccc21.O=S(=O)(c1ccccc1C(F)(F)F)N1CCc2ccccc21.[Cl][Al]([Cl])[Cl].c1ccc2c(c1)CCC2. The van der Waals surface area contributed by atoms with Gasteiger partial charge in [-0.1, -0.05) is 115 Å². The van der Waals surface area contributed by atoms with E-state index in [1.165, 1.54) is 110 Å². The van der Waals surface area contributed by atoms with E-state index in [1.54, 1.807) is 84.8 Å². The fraction of sp³-hybridized carbons (Fsp3) is 0.221. The normalized spacial score (nSPS) is 14.6. The summed E-state index contributed by atoms with van der Waals surface area (Å²) >= 11 is -1.72. The van der Waals surface area contributed by atoms with E-state index >= 15 is 0 Å². The summed E-state index contributed by atoms with van der Waals surface area (Å²) in [6, 6.07) is 53.9. The number of hydrogen-bond acceptors (Lipinski definition) is 16. The molecule has 1 aliphatic carbocycles. The number of sulfone groups is 1. The van der Waals surface area contributed by atoms with E-state index in [4.69, 9.17) is 70.5 Å². The van der Waals surface area contributed by atoms with Crippen LogP contribution in [0.15, 0.2) is 259 Å². The molecule has 0 radical (unpaired) electrons. The maximum Gasteiger partial charge on any atom is 0.643 e. The summed E-state index contributed by atoms with van der Waals surface area (Å²) in [5.41, 5.74) is 3.33. The van der Waals surface area contributed by atoms with Crippen molar-refractivity contribution in [2.45, 2.75) is 98.2 Å². The molecule has 40 heteroatoms. The van der Waals surface area contributed by atoms with Gasteiger partial charge < -0.3 is 18.9 Å². The summed E-state index contributed by atoms with van der Waals surface area (Å²) in [5.74, 6) is 1.70. The highest BCUT2D eigenvalue weighted by Gasteiger charge is 2.44. The summed E-state index contributed by atoms with van der Waals surface area (Å²) in [4.78, 5) is -2.16. The Balaban J connectivity index is 0.000000155. The smallest absolute Gasteiger partial charge is 0.486 e. The zero-order valence-electron chi connectivity index (χ0n) is 60.7. The van der Waals surface area contributed by atoms with Gasteiger partial charge in [-0.15, -0.1) is 0 Å². The fourth-order valence-electron chi connectivity index (χ4n) is 12.9. The van der Waals surface area contributed by atoms with Crippen molar-refractivity contribution in [1.29, 1.82) is 0 Å². The van der Waals surface area contributed by atoms with Crippen LogP contribution in [0.25, 0.3) is 0 Å². The molecule has 0 fully saturated rings. The number of anilines is 3. The maximum absolute atomic E-state index is 13.4.